The van der Waals surface area contributed by atoms with Gasteiger partial charge in [-0.1, -0.05) is 46.3 Å². The first-order chi connectivity index (χ1) is 16.9. The molecule has 0 spiro atoms. The number of hydrogen-bond acceptors (Lipinski definition) is 8. The van der Waals surface area contributed by atoms with Gasteiger partial charge in [0.25, 0.3) is 0 Å². The van der Waals surface area contributed by atoms with Crippen LogP contribution in [0.2, 0.25) is 0 Å². The van der Waals surface area contributed by atoms with E-state index in [1.807, 2.05) is 6.07 Å². The van der Waals surface area contributed by atoms with Gasteiger partial charge in [0.2, 0.25) is 0 Å². The lowest BCUT2D eigenvalue weighted by Gasteiger charge is -2.36. The van der Waals surface area contributed by atoms with E-state index in [4.69, 9.17) is 15.2 Å². The highest BCUT2D eigenvalue weighted by atomic mass is 79.9. The Morgan fingerprint density at radius 3 is 2.25 bits per heavy atom. The first-order valence-corrected chi connectivity index (χ1v) is 10.6. The lowest BCUT2D eigenvalue weighted by Crippen LogP contribution is -2.41. The Labute approximate surface area is 210 Å². The zero-order chi connectivity index (χ0) is 26.8. The number of nitrogens with two attached hydrogens (primary N) is 1. The van der Waals surface area contributed by atoms with Gasteiger partial charge in [0, 0.05) is 4.47 Å². The fourth-order valence-electron chi connectivity index (χ4n) is 3.69. The summed E-state index contributed by atoms with van der Waals surface area (Å²) in [5.41, 5.74) is 4.33. The maximum Gasteiger partial charge on any atom is 0.573 e. The van der Waals surface area contributed by atoms with E-state index in [-0.39, 0.29) is 10.0 Å². The van der Waals surface area contributed by atoms with Crippen LogP contribution in [-0.4, -0.2) is 32.5 Å². The van der Waals surface area contributed by atoms with Crippen LogP contribution >= 0.6 is 15.9 Å². The number of alkyl halides is 3. The van der Waals surface area contributed by atoms with Crippen LogP contribution in [0.25, 0.3) is 0 Å². The molecule has 1 heterocycles. The Balaban J connectivity index is 2.49. The molecule has 0 saturated carbocycles. The van der Waals surface area contributed by atoms with E-state index in [9.17, 15) is 32.4 Å². The van der Waals surface area contributed by atoms with Crippen LogP contribution in [0.15, 0.2) is 69.6 Å². The molecule has 1 atom stereocenters. The molecule has 0 aromatic heterocycles. The van der Waals surface area contributed by atoms with Crippen molar-refractivity contribution in [2.45, 2.75) is 12.3 Å². The van der Waals surface area contributed by atoms with Crippen molar-refractivity contribution in [2.75, 3.05) is 19.1 Å². The maximum atomic E-state index is 14.7. The molecule has 0 saturated heterocycles. The van der Waals surface area contributed by atoms with Crippen molar-refractivity contribution in [3.8, 4) is 11.8 Å². The van der Waals surface area contributed by atoms with Crippen LogP contribution in [0, 0.1) is 17.1 Å². The molecular formula is C23H16BrF4N3O5. The minimum atomic E-state index is -5.34. The van der Waals surface area contributed by atoms with Crippen molar-refractivity contribution in [3.63, 3.8) is 0 Å². The third-order valence-electron chi connectivity index (χ3n) is 5.06. The third-order valence-corrected chi connectivity index (χ3v) is 5.52. The van der Waals surface area contributed by atoms with Crippen LogP contribution in [0.1, 0.15) is 11.5 Å². The minimum absolute atomic E-state index is 0.0650. The molecular weight excluding hydrogens is 554 g/mol. The third kappa shape index (κ3) is 4.99. The number of ether oxygens (including phenoxy) is 3. The number of carbonyl (C=O) groups is 2. The molecule has 1 aliphatic heterocycles. The van der Waals surface area contributed by atoms with E-state index in [2.05, 4.69) is 20.7 Å². The molecule has 2 aromatic carbocycles. The van der Waals surface area contributed by atoms with Crippen molar-refractivity contribution in [1.29, 1.82) is 5.26 Å². The van der Waals surface area contributed by atoms with Gasteiger partial charge in [-0.3, -0.25) is 4.90 Å². The molecule has 188 valence electrons. The van der Waals surface area contributed by atoms with Gasteiger partial charge in [-0.15, -0.1) is 13.2 Å². The molecule has 13 heteroatoms. The van der Waals surface area contributed by atoms with Gasteiger partial charge >= 0.3 is 18.3 Å². The van der Waals surface area contributed by atoms with E-state index in [1.54, 1.807) is 30.3 Å². The van der Waals surface area contributed by atoms with Crippen LogP contribution in [0.4, 0.5) is 23.2 Å². The minimum Gasteiger partial charge on any atom is -0.466 e. The number of halogens is 5. The van der Waals surface area contributed by atoms with Gasteiger partial charge in [0.15, 0.2) is 11.6 Å². The number of benzene rings is 2. The second-order valence-electron chi connectivity index (χ2n) is 7.12. The number of methoxy groups -OCH3 is 2. The molecule has 0 aliphatic carbocycles. The van der Waals surface area contributed by atoms with Crippen LogP contribution in [0.3, 0.4) is 0 Å². The van der Waals surface area contributed by atoms with Crippen LogP contribution in [0.5, 0.6) is 5.75 Å². The number of esters is 2. The predicted octanol–water partition coefficient (Wildman–Crippen LogP) is 4.38. The summed E-state index contributed by atoms with van der Waals surface area (Å²) in [7, 11) is 1.95. The van der Waals surface area contributed by atoms with Crippen LogP contribution in [-0.2, 0) is 19.1 Å². The number of nitrogens with zero attached hydrogens (tertiary/aromatic N) is 2. The van der Waals surface area contributed by atoms with Gasteiger partial charge in [-0.05, 0) is 17.7 Å². The van der Waals surface area contributed by atoms with Gasteiger partial charge < -0.3 is 19.9 Å². The molecule has 0 bridgehead atoms. The first-order valence-electron chi connectivity index (χ1n) is 9.85. The summed E-state index contributed by atoms with van der Waals surface area (Å²) in [5, 5.41) is 9.98. The molecule has 1 aliphatic rings. The Morgan fingerprint density at radius 2 is 1.72 bits per heavy atom. The Kier molecular flexibility index (Phi) is 7.59. The number of anilines is 1. The molecule has 0 fully saturated rings. The second-order valence-corrected chi connectivity index (χ2v) is 8.03. The first kappa shape index (κ1) is 26.6. The molecule has 2 aromatic rings. The molecule has 2 N–H and O–H groups in total. The van der Waals surface area contributed by atoms with Crippen molar-refractivity contribution >= 4 is 33.6 Å². The standard InChI is InChI=1S/C23H16BrF4N3O5/c1-34-21(32)17-16(11-6-4-3-5-7-11)13(10-29)20(30)31(18(17)22(33)35-2)15-9-12(24)8-14(25)19(15)36-23(26,27)28/h3-9,16H,30H2,1-2H3. The SMILES string of the molecule is COC(=O)C1=C(C(=O)OC)N(c2cc(Br)cc(F)c2OC(F)(F)F)C(N)=C(C#N)C1c1ccccc1. The summed E-state index contributed by atoms with van der Waals surface area (Å²) >= 11 is 2.98. The summed E-state index contributed by atoms with van der Waals surface area (Å²) in [6.07, 6.45) is -5.34. The lowest BCUT2D eigenvalue weighted by molar-refractivity contribution is -0.275. The average molecular weight is 570 g/mol. The van der Waals surface area contributed by atoms with E-state index in [1.165, 1.54) is 0 Å². The van der Waals surface area contributed by atoms with Gasteiger partial charge in [-0.2, -0.15) is 5.26 Å². The number of hydrogen-bond donors (Lipinski definition) is 1. The number of nitriles is 1. The summed E-state index contributed by atoms with van der Waals surface area (Å²) in [6.45, 7) is 0. The van der Waals surface area contributed by atoms with E-state index < -0.39 is 58.6 Å². The molecule has 0 radical (unpaired) electrons. The highest BCUT2D eigenvalue weighted by Crippen LogP contribution is 2.47. The fraction of sp³-hybridized carbons (Fsp3) is 0.174. The van der Waals surface area contributed by atoms with Crippen LogP contribution < -0.4 is 15.4 Å². The zero-order valence-corrected chi connectivity index (χ0v) is 20.1. The normalized spacial score (nSPS) is 15.9. The summed E-state index contributed by atoms with van der Waals surface area (Å²) < 4.78 is 67.8. The van der Waals surface area contributed by atoms with Gasteiger partial charge in [0.1, 0.15) is 11.5 Å². The lowest BCUT2D eigenvalue weighted by atomic mass is 9.81. The fourth-order valence-corrected chi connectivity index (χ4v) is 4.11. The van der Waals surface area contributed by atoms with Crippen molar-refractivity contribution in [1.82, 2.24) is 0 Å². The van der Waals surface area contributed by atoms with Crippen molar-refractivity contribution in [3.05, 3.63) is 81.0 Å². The topological polar surface area (TPSA) is 115 Å². The van der Waals surface area contributed by atoms with E-state index in [0.717, 1.165) is 20.3 Å². The Bertz CT molecular complexity index is 1320. The average Bonchev–Trinajstić information content (AvgIpc) is 2.83. The summed E-state index contributed by atoms with van der Waals surface area (Å²) in [6, 6.07) is 11.4. The van der Waals surface area contributed by atoms with E-state index >= 15 is 0 Å². The monoisotopic (exact) mass is 569 g/mol. The zero-order valence-electron chi connectivity index (χ0n) is 18.5. The van der Waals surface area contributed by atoms with Crippen molar-refractivity contribution in [2.24, 2.45) is 5.73 Å². The van der Waals surface area contributed by atoms with Gasteiger partial charge in [-0.25, -0.2) is 14.0 Å². The molecule has 0 amide bonds. The largest absolute Gasteiger partial charge is 0.573 e. The molecule has 3 rings (SSSR count). The Hall–Kier alpha value is -4.05. The highest BCUT2D eigenvalue weighted by molar-refractivity contribution is 9.10. The maximum absolute atomic E-state index is 14.7. The predicted molar refractivity (Wildman–Crippen MR) is 120 cm³/mol. The summed E-state index contributed by atoms with van der Waals surface area (Å²) in [4.78, 5) is 26.6. The number of carbonyl (C=O) groups excluding carboxylic acids is 2. The molecule has 36 heavy (non-hydrogen) atoms. The Morgan fingerprint density at radius 1 is 1.11 bits per heavy atom. The van der Waals surface area contributed by atoms with E-state index in [0.29, 0.717) is 16.5 Å². The highest BCUT2D eigenvalue weighted by Gasteiger charge is 2.45. The van der Waals surface area contributed by atoms with Gasteiger partial charge in [0.05, 0.1) is 43.0 Å². The number of allylic oxidation sites excluding steroid dienone is 1. The molecule has 8 nitrogen and oxygen atoms in total. The molecule has 1 unspecified atom stereocenters. The second kappa shape index (κ2) is 10.3. The van der Waals surface area contributed by atoms with Crippen molar-refractivity contribution < 1.29 is 41.4 Å². The quantitative estimate of drug-likeness (QED) is 0.416. The smallest absolute Gasteiger partial charge is 0.466 e. The summed E-state index contributed by atoms with van der Waals surface area (Å²) in [5.74, 6) is -7.01. The number of rotatable bonds is 5.